The van der Waals surface area contributed by atoms with Gasteiger partial charge >= 0.3 is 0 Å². The molecule has 0 aliphatic carbocycles. The van der Waals surface area contributed by atoms with E-state index in [2.05, 4.69) is 10.3 Å². The lowest BCUT2D eigenvalue weighted by atomic mass is 9.89. The SMILES string of the molecule is CC(C)(C)CC(O)CNc1cc([N+](=O)[O-])ccn1. The van der Waals surface area contributed by atoms with Crippen molar-refractivity contribution in [2.75, 3.05) is 11.9 Å². The van der Waals surface area contributed by atoms with Crippen LogP contribution in [-0.4, -0.2) is 27.7 Å². The molecule has 0 saturated heterocycles. The van der Waals surface area contributed by atoms with Crippen molar-refractivity contribution in [1.29, 1.82) is 0 Å². The van der Waals surface area contributed by atoms with Crippen molar-refractivity contribution in [3.8, 4) is 0 Å². The number of aromatic nitrogens is 1. The molecule has 0 bridgehead atoms. The van der Waals surface area contributed by atoms with E-state index < -0.39 is 11.0 Å². The van der Waals surface area contributed by atoms with E-state index in [0.717, 1.165) is 0 Å². The first-order valence-corrected chi connectivity index (χ1v) is 5.80. The van der Waals surface area contributed by atoms with Crippen LogP contribution in [-0.2, 0) is 0 Å². The molecule has 0 saturated carbocycles. The monoisotopic (exact) mass is 253 g/mol. The number of aliphatic hydroxyl groups excluding tert-OH is 1. The highest BCUT2D eigenvalue weighted by atomic mass is 16.6. The van der Waals surface area contributed by atoms with Gasteiger partial charge in [-0.3, -0.25) is 10.1 Å². The molecule has 1 atom stereocenters. The van der Waals surface area contributed by atoms with Gasteiger partial charge in [0.2, 0.25) is 0 Å². The molecule has 1 heterocycles. The van der Waals surface area contributed by atoms with Crippen molar-refractivity contribution in [3.05, 3.63) is 28.4 Å². The maximum Gasteiger partial charge on any atom is 0.274 e. The first-order valence-electron chi connectivity index (χ1n) is 5.80. The molecule has 6 nitrogen and oxygen atoms in total. The Morgan fingerprint density at radius 3 is 2.78 bits per heavy atom. The molecule has 0 aromatic carbocycles. The second-order valence-corrected chi connectivity index (χ2v) is 5.46. The topological polar surface area (TPSA) is 88.3 Å². The van der Waals surface area contributed by atoms with E-state index in [1.165, 1.54) is 18.3 Å². The van der Waals surface area contributed by atoms with Crippen LogP contribution in [0.25, 0.3) is 0 Å². The summed E-state index contributed by atoms with van der Waals surface area (Å²) in [6.07, 6.45) is 1.51. The lowest BCUT2D eigenvalue weighted by Crippen LogP contribution is -2.25. The van der Waals surface area contributed by atoms with Crippen LogP contribution in [0.3, 0.4) is 0 Å². The predicted molar refractivity (Wildman–Crippen MR) is 69.5 cm³/mol. The molecule has 1 unspecified atom stereocenters. The zero-order valence-electron chi connectivity index (χ0n) is 10.9. The minimum absolute atomic E-state index is 0.0159. The largest absolute Gasteiger partial charge is 0.391 e. The molecule has 18 heavy (non-hydrogen) atoms. The molecule has 0 radical (unpaired) electrons. The van der Waals surface area contributed by atoms with Gasteiger partial charge < -0.3 is 10.4 Å². The van der Waals surface area contributed by atoms with Gasteiger partial charge in [-0.2, -0.15) is 0 Å². The first kappa shape index (κ1) is 14.4. The molecular formula is C12H19N3O3. The van der Waals surface area contributed by atoms with Gasteiger partial charge in [-0.15, -0.1) is 0 Å². The molecule has 1 rings (SSSR count). The van der Waals surface area contributed by atoms with Crippen LogP contribution in [0.2, 0.25) is 0 Å². The third-order valence-corrected chi connectivity index (χ3v) is 2.32. The summed E-state index contributed by atoms with van der Waals surface area (Å²) in [5.41, 5.74) is 0.0230. The molecule has 0 amide bonds. The van der Waals surface area contributed by atoms with Crippen LogP contribution in [0, 0.1) is 15.5 Å². The summed E-state index contributed by atoms with van der Waals surface area (Å²) in [6, 6.07) is 2.68. The van der Waals surface area contributed by atoms with E-state index >= 15 is 0 Å². The third-order valence-electron chi connectivity index (χ3n) is 2.32. The molecule has 0 aliphatic heterocycles. The van der Waals surface area contributed by atoms with Crippen molar-refractivity contribution in [2.24, 2.45) is 5.41 Å². The van der Waals surface area contributed by atoms with Crippen LogP contribution < -0.4 is 5.32 Å². The molecule has 1 aromatic heterocycles. The normalized spacial score (nSPS) is 13.1. The zero-order chi connectivity index (χ0) is 13.8. The number of nitrogens with one attached hydrogen (secondary N) is 1. The second-order valence-electron chi connectivity index (χ2n) is 5.46. The quantitative estimate of drug-likeness (QED) is 0.620. The van der Waals surface area contributed by atoms with Crippen LogP contribution in [0.5, 0.6) is 0 Å². The number of aliphatic hydroxyl groups is 1. The van der Waals surface area contributed by atoms with E-state index in [-0.39, 0.29) is 11.1 Å². The number of hydrogen-bond donors (Lipinski definition) is 2. The average molecular weight is 253 g/mol. The standard InChI is InChI=1S/C12H19N3O3/c1-12(2,3)7-10(16)8-14-11-6-9(15(17)18)4-5-13-11/h4-6,10,16H,7-8H2,1-3H3,(H,13,14). The summed E-state index contributed by atoms with van der Waals surface area (Å²) in [5, 5.41) is 23.3. The summed E-state index contributed by atoms with van der Waals surface area (Å²) < 4.78 is 0. The summed E-state index contributed by atoms with van der Waals surface area (Å²) in [6.45, 7) is 6.46. The van der Waals surface area contributed by atoms with Gasteiger partial charge in [0.1, 0.15) is 5.82 Å². The minimum atomic E-state index is -0.508. The van der Waals surface area contributed by atoms with Crippen molar-refractivity contribution in [2.45, 2.75) is 33.3 Å². The number of hydrogen-bond acceptors (Lipinski definition) is 5. The highest BCUT2D eigenvalue weighted by Crippen LogP contribution is 2.21. The van der Waals surface area contributed by atoms with Crippen molar-refractivity contribution in [3.63, 3.8) is 0 Å². The van der Waals surface area contributed by atoms with E-state index in [0.29, 0.717) is 18.8 Å². The molecule has 0 fully saturated rings. The van der Waals surface area contributed by atoms with Gasteiger partial charge in [-0.1, -0.05) is 20.8 Å². The fourth-order valence-corrected chi connectivity index (χ4v) is 1.63. The molecular weight excluding hydrogens is 234 g/mol. The van der Waals surface area contributed by atoms with Crippen LogP contribution in [0.4, 0.5) is 11.5 Å². The Kier molecular flexibility index (Phi) is 4.61. The Morgan fingerprint density at radius 1 is 1.56 bits per heavy atom. The van der Waals surface area contributed by atoms with Crippen LogP contribution >= 0.6 is 0 Å². The van der Waals surface area contributed by atoms with Gasteiger partial charge in [0.25, 0.3) is 5.69 Å². The van der Waals surface area contributed by atoms with Gasteiger partial charge in [0.15, 0.2) is 0 Å². The molecule has 100 valence electrons. The summed E-state index contributed by atoms with van der Waals surface area (Å²) in [7, 11) is 0. The second kappa shape index (κ2) is 5.77. The Morgan fingerprint density at radius 2 is 2.22 bits per heavy atom. The van der Waals surface area contributed by atoms with E-state index in [1.807, 2.05) is 20.8 Å². The number of anilines is 1. The van der Waals surface area contributed by atoms with E-state index in [4.69, 9.17) is 0 Å². The molecule has 0 spiro atoms. The first-order chi connectivity index (χ1) is 8.28. The molecule has 2 N–H and O–H groups in total. The van der Waals surface area contributed by atoms with Crippen molar-refractivity contribution in [1.82, 2.24) is 4.98 Å². The average Bonchev–Trinajstić information content (AvgIpc) is 2.24. The Balaban J connectivity index is 2.53. The lowest BCUT2D eigenvalue weighted by Gasteiger charge is -2.22. The summed E-state index contributed by atoms with van der Waals surface area (Å²) in [4.78, 5) is 14.1. The zero-order valence-corrected chi connectivity index (χ0v) is 10.9. The Bertz CT molecular complexity index is 415. The summed E-state index contributed by atoms with van der Waals surface area (Å²) in [5.74, 6) is 0.400. The predicted octanol–water partition coefficient (Wildman–Crippen LogP) is 2.20. The van der Waals surface area contributed by atoms with E-state index in [9.17, 15) is 15.2 Å². The fraction of sp³-hybridized carbons (Fsp3) is 0.583. The van der Waals surface area contributed by atoms with Crippen LogP contribution in [0.15, 0.2) is 18.3 Å². The lowest BCUT2D eigenvalue weighted by molar-refractivity contribution is -0.384. The maximum absolute atomic E-state index is 10.6. The number of pyridine rings is 1. The van der Waals surface area contributed by atoms with Crippen LogP contribution in [0.1, 0.15) is 27.2 Å². The fourth-order valence-electron chi connectivity index (χ4n) is 1.63. The number of nitro groups is 1. The highest BCUT2D eigenvalue weighted by molar-refractivity contribution is 5.44. The van der Waals surface area contributed by atoms with Gasteiger partial charge in [-0.25, -0.2) is 4.98 Å². The highest BCUT2D eigenvalue weighted by Gasteiger charge is 2.16. The number of rotatable bonds is 5. The Labute approximate surface area is 106 Å². The van der Waals surface area contributed by atoms with Crippen molar-refractivity contribution < 1.29 is 10.0 Å². The third kappa shape index (κ3) is 5.09. The summed E-state index contributed by atoms with van der Waals surface area (Å²) >= 11 is 0. The number of nitrogens with zero attached hydrogens (tertiary/aromatic N) is 2. The van der Waals surface area contributed by atoms with Gasteiger partial charge in [0, 0.05) is 18.8 Å². The minimum Gasteiger partial charge on any atom is -0.391 e. The molecule has 0 aliphatic rings. The molecule has 6 heteroatoms. The maximum atomic E-state index is 10.6. The molecule has 1 aromatic rings. The van der Waals surface area contributed by atoms with Gasteiger partial charge in [-0.05, 0) is 11.8 Å². The smallest absolute Gasteiger partial charge is 0.274 e. The van der Waals surface area contributed by atoms with Crippen molar-refractivity contribution >= 4 is 11.5 Å². The van der Waals surface area contributed by atoms with Gasteiger partial charge in [0.05, 0.1) is 17.1 Å². The Hall–Kier alpha value is -1.69. The van der Waals surface area contributed by atoms with E-state index in [1.54, 1.807) is 0 Å².